The molecule has 20 heavy (non-hydrogen) atoms. The lowest BCUT2D eigenvalue weighted by molar-refractivity contribution is 0.260. The van der Waals surface area contributed by atoms with Crippen LogP contribution in [-0.4, -0.2) is 21.0 Å². The number of thiophene rings is 1. The summed E-state index contributed by atoms with van der Waals surface area (Å²) in [4.78, 5) is 0. The summed E-state index contributed by atoms with van der Waals surface area (Å²) in [6, 6.07) is 1.82. The summed E-state index contributed by atoms with van der Waals surface area (Å²) in [5.74, 6) is 0.510. The van der Waals surface area contributed by atoms with Crippen LogP contribution in [0.25, 0.3) is 0 Å². The van der Waals surface area contributed by atoms with Gasteiger partial charge in [0.1, 0.15) is 4.21 Å². The first-order valence-electron chi connectivity index (χ1n) is 7.33. The number of hydrogen-bond acceptors (Lipinski definition) is 4. The van der Waals surface area contributed by atoms with Gasteiger partial charge >= 0.3 is 0 Å². The summed E-state index contributed by atoms with van der Waals surface area (Å²) in [7, 11) is -3.35. The Morgan fingerprint density at radius 3 is 2.80 bits per heavy atom. The van der Waals surface area contributed by atoms with E-state index in [0.29, 0.717) is 10.1 Å². The highest BCUT2D eigenvalue weighted by molar-refractivity contribution is 7.91. The van der Waals surface area contributed by atoms with Gasteiger partial charge < -0.3 is 5.32 Å². The first-order chi connectivity index (χ1) is 9.53. The smallest absolute Gasteiger partial charge is 0.250 e. The van der Waals surface area contributed by atoms with Crippen molar-refractivity contribution in [2.75, 3.05) is 6.54 Å². The Balaban J connectivity index is 1.94. The molecular weight excluding hydrogens is 292 g/mol. The molecule has 2 rings (SSSR count). The Kier molecular flexibility index (Phi) is 5.60. The minimum absolute atomic E-state index is 0.0394. The van der Waals surface area contributed by atoms with Crippen molar-refractivity contribution >= 4 is 21.4 Å². The molecule has 1 heterocycles. The number of rotatable bonds is 8. The maximum absolute atomic E-state index is 12.3. The molecule has 1 aromatic heterocycles. The lowest BCUT2D eigenvalue weighted by Gasteiger charge is -2.31. The van der Waals surface area contributed by atoms with Gasteiger partial charge in [0.05, 0.1) is 0 Å². The predicted octanol–water partition coefficient (Wildman–Crippen LogP) is 2.71. The third-order valence-electron chi connectivity index (χ3n) is 3.85. The van der Waals surface area contributed by atoms with E-state index in [-0.39, 0.29) is 6.04 Å². The van der Waals surface area contributed by atoms with Gasteiger partial charge in [-0.2, -0.15) is 0 Å². The Morgan fingerprint density at radius 2 is 2.20 bits per heavy atom. The molecule has 4 nitrogen and oxygen atoms in total. The maximum Gasteiger partial charge on any atom is 0.250 e. The summed E-state index contributed by atoms with van der Waals surface area (Å²) < 4.78 is 27.9. The second kappa shape index (κ2) is 7.02. The zero-order valence-corrected chi connectivity index (χ0v) is 13.8. The van der Waals surface area contributed by atoms with Crippen molar-refractivity contribution in [2.24, 2.45) is 5.92 Å². The van der Waals surface area contributed by atoms with Crippen LogP contribution < -0.4 is 10.0 Å². The summed E-state index contributed by atoms with van der Waals surface area (Å²) in [5, 5.41) is 5.21. The van der Waals surface area contributed by atoms with Crippen molar-refractivity contribution in [3.8, 4) is 0 Å². The zero-order valence-electron chi connectivity index (χ0n) is 12.2. The Bertz CT molecular complexity index is 521. The molecule has 0 saturated heterocycles. The quantitative estimate of drug-likeness (QED) is 0.725. The van der Waals surface area contributed by atoms with Gasteiger partial charge in [-0.3, -0.25) is 0 Å². The minimum Gasteiger partial charge on any atom is -0.313 e. The Morgan fingerprint density at radius 1 is 1.45 bits per heavy atom. The van der Waals surface area contributed by atoms with Crippen molar-refractivity contribution < 1.29 is 8.42 Å². The second-order valence-electron chi connectivity index (χ2n) is 5.55. The van der Waals surface area contributed by atoms with E-state index in [9.17, 15) is 8.42 Å². The van der Waals surface area contributed by atoms with E-state index in [1.165, 1.54) is 17.8 Å². The molecule has 1 aromatic rings. The van der Waals surface area contributed by atoms with Crippen LogP contribution in [0.1, 0.15) is 45.1 Å². The lowest BCUT2D eigenvalue weighted by atomic mass is 9.81. The third kappa shape index (κ3) is 4.04. The van der Waals surface area contributed by atoms with Crippen LogP contribution in [0.4, 0.5) is 0 Å². The molecule has 0 radical (unpaired) electrons. The van der Waals surface area contributed by atoms with Gasteiger partial charge in [0, 0.05) is 12.6 Å². The molecule has 0 aromatic carbocycles. The number of hydrogen-bond donors (Lipinski definition) is 2. The van der Waals surface area contributed by atoms with E-state index in [1.54, 1.807) is 6.07 Å². The molecule has 1 saturated carbocycles. The molecule has 0 spiro atoms. The highest BCUT2D eigenvalue weighted by Gasteiger charge is 2.28. The molecule has 1 atom stereocenters. The molecule has 1 unspecified atom stereocenters. The van der Waals surface area contributed by atoms with E-state index in [4.69, 9.17) is 0 Å². The van der Waals surface area contributed by atoms with Crippen LogP contribution >= 0.6 is 11.3 Å². The fourth-order valence-electron chi connectivity index (χ4n) is 2.34. The van der Waals surface area contributed by atoms with Crippen LogP contribution in [0, 0.1) is 5.92 Å². The molecule has 0 bridgehead atoms. The average molecular weight is 316 g/mol. The molecule has 0 amide bonds. The third-order valence-corrected chi connectivity index (χ3v) is 6.90. The van der Waals surface area contributed by atoms with Gasteiger partial charge in [0.25, 0.3) is 0 Å². The molecule has 1 aliphatic carbocycles. The SMILES string of the molecule is CCCNCc1csc(S(=O)(=O)NC(C)C2CCC2)c1. The first kappa shape index (κ1) is 15.9. The van der Waals surface area contributed by atoms with E-state index in [1.807, 2.05) is 12.3 Å². The fraction of sp³-hybridized carbons (Fsp3) is 0.714. The Hall–Kier alpha value is -0.430. The van der Waals surface area contributed by atoms with Crippen molar-refractivity contribution in [3.05, 3.63) is 17.0 Å². The molecule has 114 valence electrons. The molecule has 2 N–H and O–H groups in total. The molecule has 1 fully saturated rings. The summed E-state index contributed by atoms with van der Waals surface area (Å²) in [6.45, 7) is 5.77. The fourth-order valence-corrected chi connectivity index (χ4v) is 4.87. The van der Waals surface area contributed by atoms with Gasteiger partial charge in [-0.25, -0.2) is 13.1 Å². The summed E-state index contributed by atoms with van der Waals surface area (Å²) in [5.41, 5.74) is 1.04. The highest BCUT2D eigenvalue weighted by Crippen LogP contribution is 2.30. The van der Waals surface area contributed by atoms with Crippen molar-refractivity contribution in [1.82, 2.24) is 10.0 Å². The molecule has 6 heteroatoms. The van der Waals surface area contributed by atoms with Crippen molar-refractivity contribution in [3.63, 3.8) is 0 Å². The summed E-state index contributed by atoms with van der Waals surface area (Å²) in [6.07, 6.45) is 4.58. The van der Waals surface area contributed by atoms with Crippen LogP contribution in [0.5, 0.6) is 0 Å². The normalized spacial score (nSPS) is 17.9. The molecular formula is C14H24N2O2S2. The van der Waals surface area contributed by atoms with Gasteiger partial charge in [0.2, 0.25) is 10.0 Å². The van der Waals surface area contributed by atoms with Gasteiger partial charge in [-0.05, 0) is 55.7 Å². The zero-order chi connectivity index (χ0) is 14.6. The molecule has 0 aliphatic heterocycles. The van der Waals surface area contributed by atoms with Crippen LogP contribution in [0.3, 0.4) is 0 Å². The van der Waals surface area contributed by atoms with Crippen LogP contribution in [0.15, 0.2) is 15.7 Å². The average Bonchev–Trinajstić information content (AvgIpc) is 2.75. The van der Waals surface area contributed by atoms with Crippen LogP contribution in [-0.2, 0) is 16.6 Å². The van der Waals surface area contributed by atoms with Crippen molar-refractivity contribution in [1.29, 1.82) is 0 Å². The second-order valence-corrected chi connectivity index (χ2v) is 8.40. The van der Waals surface area contributed by atoms with Gasteiger partial charge in [-0.15, -0.1) is 11.3 Å². The van der Waals surface area contributed by atoms with Gasteiger partial charge in [0.15, 0.2) is 0 Å². The largest absolute Gasteiger partial charge is 0.313 e. The monoisotopic (exact) mass is 316 g/mol. The molecule has 1 aliphatic rings. The predicted molar refractivity (Wildman–Crippen MR) is 83.4 cm³/mol. The standard InChI is InChI=1S/C14H24N2O2S2/c1-3-7-15-9-12-8-14(19-10-12)20(17,18)16-11(2)13-5-4-6-13/h8,10-11,13,15-16H,3-7,9H2,1-2H3. The van der Waals surface area contributed by atoms with Crippen LogP contribution in [0.2, 0.25) is 0 Å². The topological polar surface area (TPSA) is 58.2 Å². The van der Waals surface area contributed by atoms with E-state index in [2.05, 4.69) is 17.0 Å². The summed E-state index contributed by atoms with van der Waals surface area (Å²) >= 11 is 1.30. The first-order valence-corrected chi connectivity index (χ1v) is 9.69. The van der Waals surface area contributed by atoms with Crippen molar-refractivity contribution in [2.45, 2.75) is 56.3 Å². The van der Waals surface area contributed by atoms with E-state index < -0.39 is 10.0 Å². The lowest BCUT2D eigenvalue weighted by Crippen LogP contribution is -2.40. The highest BCUT2D eigenvalue weighted by atomic mass is 32.2. The van der Waals surface area contributed by atoms with Gasteiger partial charge in [-0.1, -0.05) is 13.3 Å². The number of sulfonamides is 1. The maximum atomic E-state index is 12.3. The van der Waals surface area contributed by atoms with E-state index >= 15 is 0 Å². The minimum atomic E-state index is -3.35. The van der Waals surface area contributed by atoms with E-state index in [0.717, 1.165) is 37.9 Å². The Labute approximate surface area is 126 Å². The number of nitrogens with one attached hydrogen (secondary N) is 2.